The molecule has 0 bridgehead atoms. The summed E-state index contributed by atoms with van der Waals surface area (Å²) < 4.78 is 23.9. The molecule has 0 atom stereocenters. The number of esters is 2. The summed E-state index contributed by atoms with van der Waals surface area (Å²) in [6.45, 7) is 3.82. The van der Waals surface area contributed by atoms with Crippen LogP contribution in [-0.2, 0) is 9.47 Å². The van der Waals surface area contributed by atoms with Crippen molar-refractivity contribution in [1.29, 1.82) is 0 Å². The van der Waals surface area contributed by atoms with Gasteiger partial charge in [-0.05, 0) is 42.7 Å². The van der Waals surface area contributed by atoms with Crippen molar-refractivity contribution in [1.82, 2.24) is 0 Å². The molecule has 0 saturated heterocycles. The van der Waals surface area contributed by atoms with Crippen molar-refractivity contribution < 1.29 is 23.5 Å². The van der Waals surface area contributed by atoms with Crippen molar-refractivity contribution in [2.24, 2.45) is 0 Å². The average molecular weight is 366 g/mol. The van der Waals surface area contributed by atoms with Crippen LogP contribution in [0.4, 0.5) is 4.39 Å². The normalized spacial score (nSPS) is 10.6. The molecule has 2 aliphatic rings. The molecule has 4 nitrogen and oxygen atoms in total. The molecule has 0 unspecified atom stereocenters. The zero-order valence-electron chi connectivity index (χ0n) is 15.1. The smallest absolute Gasteiger partial charge is 0.339 e. The lowest BCUT2D eigenvalue weighted by Gasteiger charge is -2.08. The molecule has 0 saturated carbocycles. The van der Waals surface area contributed by atoms with Gasteiger partial charge < -0.3 is 9.47 Å². The topological polar surface area (TPSA) is 52.6 Å². The highest BCUT2D eigenvalue weighted by atomic mass is 19.1. The number of hydrogen-bond acceptors (Lipinski definition) is 4. The van der Waals surface area contributed by atoms with Gasteiger partial charge in [-0.25, -0.2) is 14.0 Å². The first-order valence-electron chi connectivity index (χ1n) is 8.73. The van der Waals surface area contributed by atoms with Gasteiger partial charge in [0.2, 0.25) is 0 Å². The van der Waals surface area contributed by atoms with Gasteiger partial charge in [-0.3, -0.25) is 0 Å². The third-order valence-electron chi connectivity index (χ3n) is 4.17. The first-order chi connectivity index (χ1) is 13.1. The summed E-state index contributed by atoms with van der Waals surface area (Å²) in [5, 5.41) is 0. The minimum atomic E-state index is -0.538. The molecular formula is C22H19FO4. The van der Waals surface area contributed by atoms with E-state index >= 15 is 0 Å². The van der Waals surface area contributed by atoms with Crippen LogP contribution in [0.15, 0.2) is 54.6 Å². The minimum absolute atomic E-state index is 0.196. The number of carbonyl (C=O) groups is 2. The number of ether oxygens (including phenoxy) is 2. The molecule has 0 aromatic heterocycles. The van der Waals surface area contributed by atoms with Crippen LogP contribution in [0.3, 0.4) is 0 Å². The van der Waals surface area contributed by atoms with Gasteiger partial charge in [0.05, 0.1) is 24.3 Å². The van der Waals surface area contributed by atoms with Gasteiger partial charge in [-0.1, -0.05) is 42.5 Å². The largest absolute Gasteiger partial charge is 0.462 e. The van der Waals surface area contributed by atoms with E-state index in [-0.39, 0.29) is 24.3 Å². The summed E-state index contributed by atoms with van der Waals surface area (Å²) in [6.07, 6.45) is 0. The number of hydrogen-bond donors (Lipinski definition) is 0. The van der Waals surface area contributed by atoms with Crippen molar-refractivity contribution >= 4 is 11.9 Å². The molecule has 1 aromatic rings. The van der Waals surface area contributed by atoms with Crippen molar-refractivity contribution in [3.05, 3.63) is 71.5 Å². The second-order valence-electron chi connectivity index (χ2n) is 5.81. The molecule has 0 aliphatic heterocycles. The van der Waals surface area contributed by atoms with Crippen LogP contribution >= 0.6 is 0 Å². The van der Waals surface area contributed by atoms with E-state index in [1.165, 1.54) is 24.3 Å². The summed E-state index contributed by atoms with van der Waals surface area (Å²) in [4.78, 5) is 25.5. The highest BCUT2D eigenvalue weighted by Gasteiger charge is 2.32. The molecular weight excluding hydrogens is 347 g/mol. The van der Waals surface area contributed by atoms with E-state index in [2.05, 4.69) is 0 Å². The van der Waals surface area contributed by atoms with E-state index in [1.807, 2.05) is 0 Å². The lowest BCUT2D eigenvalue weighted by molar-refractivity contribution is 0.0525. The molecule has 0 spiro atoms. The molecule has 0 heterocycles. The van der Waals surface area contributed by atoms with Crippen molar-refractivity contribution in [3.8, 4) is 22.3 Å². The molecule has 1 aromatic carbocycles. The molecule has 5 heteroatoms. The fraction of sp³-hybridized carbons (Fsp3) is 0.182. The molecule has 2 aliphatic carbocycles. The van der Waals surface area contributed by atoms with E-state index < -0.39 is 17.8 Å². The monoisotopic (exact) mass is 366 g/mol. The summed E-state index contributed by atoms with van der Waals surface area (Å²) in [7, 11) is 0. The van der Waals surface area contributed by atoms with Gasteiger partial charge >= 0.3 is 11.9 Å². The Labute approximate surface area is 156 Å². The first-order valence-corrected chi connectivity index (χ1v) is 8.73. The fourth-order valence-electron chi connectivity index (χ4n) is 3.11. The van der Waals surface area contributed by atoms with Gasteiger partial charge in [0, 0.05) is 5.56 Å². The fourth-order valence-corrected chi connectivity index (χ4v) is 3.11. The number of benzene rings is 1. The molecule has 0 fully saturated rings. The maximum atomic E-state index is 13.4. The quantitative estimate of drug-likeness (QED) is 0.600. The Kier molecular flexibility index (Phi) is 5.50. The molecule has 0 amide bonds. The molecule has 0 N–H and O–H groups in total. The van der Waals surface area contributed by atoms with Crippen molar-refractivity contribution in [2.45, 2.75) is 13.8 Å². The number of halogens is 1. The van der Waals surface area contributed by atoms with Gasteiger partial charge in [-0.2, -0.15) is 0 Å². The van der Waals surface area contributed by atoms with E-state index in [0.717, 1.165) is 0 Å². The predicted octanol–water partition coefficient (Wildman–Crippen LogP) is 4.95. The summed E-state index contributed by atoms with van der Waals surface area (Å²) in [5.41, 5.74) is 2.66. The number of carbonyl (C=O) groups excluding carboxylic acids is 2. The van der Waals surface area contributed by atoms with Gasteiger partial charge in [0.1, 0.15) is 5.82 Å². The highest BCUT2D eigenvalue weighted by molar-refractivity contribution is 6.16. The summed E-state index contributed by atoms with van der Waals surface area (Å²) in [5.74, 6) is -1.48. The van der Waals surface area contributed by atoms with Gasteiger partial charge in [0.15, 0.2) is 0 Å². The van der Waals surface area contributed by atoms with Crippen LogP contribution in [0.5, 0.6) is 0 Å². The van der Waals surface area contributed by atoms with Gasteiger partial charge in [-0.15, -0.1) is 0 Å². The Bertz CT molecular complexity index is 894. The van der Waals surface area contributed by atoms with Crippen molar-refractivity contribution in [3.63, 3.8) is 0 Å². The third kappa shape index (κ3) is 3.53. The molecule has 3 rings (SSSR count). The summed E-state index contributed by atoms with van der Waals surface area (Å²) >= 11 is 0. The van der Waals surface area contributed by atoms with Crippen LogP contribution in [0.1, 0.15) is 34.6 Å². The first kappa shape index (κ1) is 18.6. The minimum Gasteiger partial charge on any atom is -0.462 e. The number of fused-ring (bicyclic) bond motifs is 1. The highest BCUT2D eigenvalue weighted by Crippen LogP contribution is 2.43. The molecule has 0 radical (unpaired) electrons. The van der Waals surface area contributed by atoms with Crippen LogP contribution < -0.4 is 0 Å². The van der Waals surface area contributed by atoms with Crippen LogP contribution in [0, 0.1) is 5.82 Å². The Morgan fingerprint density at radius 1 is 0.778 bits per heavy atom. The van der Waals surface area contributed by atoms with E-state index in [9.17, 15) is 14.0 Å². The maximum Gasteiger partial charge on any atom is 0.339 e. The predicted molar refractivity (Wildman–Crippen MR) is 100 cm³/mol. The Hall–Kier alpha value is -3.21. The van der Waals surface area contributed by atoms with E-state index in [0.29, 0.717) is 22.3 Å². The average Bonchev–Trinajstić information content (AvgIpc) is 2.79. The van der Waals surface area contributed by atoms with E-state index in [1.54, 1.807) is 44.2 Å². The zero-order chi connectivity index (χ0) is 19.4. The summed E-state index contributed by atoms with van der Waals surface area (Å²) in [6, 6.07) is 14.6. The van der Waals surface area contributed by atoms with Crippen molar-refractivity contribution in [2.75, 3.05) is 13.2 Å². The Morgan fingerprint density at radius 3 is 1.70 bits per heavy atom. The van der Waals surface area contributed by atoms with Crippen LogP contribution in [0.2, 0.25) is 0 Å². The number of rotatable bonds is 5. The Balaban J connectivity index is 2.40. The zero-order valence-corrected chi connectivity index (χ0v) is 15.1. The second-order valence-corrected chi connectivity index (χ2v) is 5.81. The van der Waals surface area contributed by atoms with Crippen LogP contribution in [0.25, 0.3) is 22.3 Å². The standard InChI is InChI=1S/C22H19FO4/c1-3-26-21(24)19-16-8-6-5-7-9-17(16)20(22(25)27-4-2)18(19)14-10-12-15(23)13-11-14/h5-13H,3-4H2,1-2H3. The van der Waals surface area contributed by atoms with Crippen LogP contribution in [-0.4, -0.2) is 25.2 Å². The lowest BCUT2D eigenvalue weighted by Crippen LogP contribution is -2.08. The SMILES string of the molecule is CCOC(=O)c1c2cccccc-2c(C(=O)OCC)c1-c1ccc(F)cc1. The molecule has 138 valence electrons. The molecule has 27 heavy (non-hydrogen) atoms. The lowest BCUT2D eigenvalue weighted by atomic mass is 10.00. The second kappa shape index (κ2) is 7.99. The van der Waals surface area contributed by atoms with Gasteiger partial charge in [0.25, 0.3) is 0 Å². The maximum absolute atomic E-state index is 13.4. The third-order valence-corrected chi connectivity index (χ3v) is 4.17. The van der Waals surface area contributed by atoms with E-state index in [4.69, 9.17) is 9.47 Å². The Morgan fingerprint density at radius 2 is 1.26 bits per heavy atom.